The number of carbonyl (C=O) groups is 1. The number of amides is 1. The Bertz CT molecular complexity index is 1110. The molecule has 156 valence electrons. The van der Waals surface area contributed by atoms with E-state index in [1.165, 1.54) is 0 Å². The summed E-state index contributed by atoms with van der Waals surface area (Å²) in [5.41, 5.74) is 2.16. The molecule has 0 aromatic heterocycles. The van der Waals surface area contributed by atoms with Crippen LogP contribution in [0, 0.1) is 11.3 Å². The molecule has 1 atom stereocenters. The summed E-state index contributed by atoms with van der Waals surface area (Å²) in [5.74, 6) is 1.33. The molecule has 0 spiro atoms. The molecule has 1 aliphatic heterocycles. The van der Waals surface area contributed by atoms with E-state index in [4.69, 9.17) is 19.5 Å². The largest absolute Gasteiger partial charge is 0.490 e. The lowest BCUT2D eigenvalue weighted by atomic mass is 10.0. The molecule has 0 aliphatic carbocycles. The molecule has 0 N–H and O–H groups in total. The van der Waals surface area contributed by atoms with Crippen LogP contribution in [0.5, 0.6) is 17.2 Å². The average Bonchev–Trinajstić information content (AvgIpc) is 2.83. The Labute approximate surface area is 181 Å². The minimum Gasteiger partial charge on any atom is -0.490 e. The van der Waals surface area contributed by atoms with Gasteiger partial charge in [-0.1, -0.05) is 42.5 Å². The minimum absolute atomic E-state index is 0.177. The first-order valence-corrected chi connectivity index (χ1v) is 10.1. The van der Waals surface area contributed by atoms with Crippen molar-refractivity contribution in [3.63, 3.8) is 0 Å². The summed E-state index contributed by atoms with van der Waals surface area (Å²) in [5, 5.41) is 9.12. The van der Waals surface area contributed by atoms with Crippen LogP contribution >= 0.6 is 0 Å². The quantitative estimate of drug-likeness (QED) is 0.594. The van der Waals surface area contributed by atoms with E-state index in [2.05, 4.69) is 6.07 Å². The first-order valence-electron chi connectivity index (χ1n) is 10.1. The van der Waals surface area contributed by atoms with Crippen molar-refractivity contribution >= 4 is 11.6 Å². The van der Waals surface area contributed by atoms with E-state index in [9.17, 15) is 4.79 Å². The van der Waals surface area contributed by atoms with Crippen LogP contribution in [0.25, 0.3) is 0 Å². The monoisotopic (exact) mass is 414 g/mol. The zero-order valence-corrected chi connectivity index (χ0v) is 17.2. The number of nitrogens with zero attached hydrogens (tertiary/aromatic N) is 2. The van der Waals surface area contributed by atoms with E-state index >= 15 is 0 Å². The third-order valence-corrected chi connectivity index (χ3v) is 5.01. The maximum Gasteiger partial charge on any atom is 0.265 e. The van der Waals surface area contributed by atoms with Gasteiger partial charge in [0, 0.05) is 6.07 Å². The van der Waals surface area contributed by atoms with E-state index in [1.807, 2.05) is 61.5 Å². The van der Waals surface area contributed by atoms with Crippen molar-refractivity contribution in [2.45, 2.75) is 13.0 Å². The second-order valence-electron chi connectivity index (χ2n) is 6.96. The first-order chi connectivity index (χ1) is 15.2. The Balaban J connectivity index is 1.60. The molecule has 1 aliphatic rings. The van der Waals surface area contributed by atoms with Gasteiger partial charge in [0.2, 0.25) is 0 Å². The van der Waals surface area contributed by atoms with E-state index < -0.39 is 0 Å². The number of para-hydroxylation sites is 2. The zero-order valence-electron chi connectivity index (χ0n) is 17.2. The summed E-state index contributed by atoms with van der Waals surface area (Å²) in [6, 6.07) is 24.0. The Morgan fingerprint density at radius 3 is 2.61 bits per heavy atom. The number of nitriles is 1. The van der Waals surface area contributed by atoms with Gasteiger partial charge >= 0.3 is 0 Å². The molecule has 1 heterocycles. The maximum absolute atomic E-state index is 13.4. The number of rotatable bonds is 6. The van der Waals surface area contributed by atoms with Crippen molar-refractivity contribution < 1.29 is 19.0 Å². The molecule has 6 nitrogen and oxygen atoms in total. The lowest BCUT2D eigenvalue weighted by Gasteiger charge is -2.37. The fourth-order valence-electron chi connectivity index (χ4n) is 3.59. The Kier molecular flexibility index (Phi) is 6.04. The Morgan fingerprint density at radius 2 is 1.84 bits per heavy atom. The molecule has 3 aromatic carbocycles. The summed E-state index contributed by atoms with van der Waals surface area (Å²) in [6.45, 7) is 2.45. The highest BCUT2D eigenvalue weighted by Gasteiger charge is 2.33. The van der Waals surface area contributed by atoms with Crippen LogP contribution in [0.4, 0.5) is 5.69 Å². The number of carbonyl (C=O) groups excluding carboxylic acids is 1. The van der Waals surface area contributed by atoms with Gasteiger partial charge in [-0.25, -0.2) is 0 Å². The van der Waals surface area contributed by atoms with Crippen LogP contribution in [0.15, 0.2) is 72.8 Å². The molecule has 0 bridgehead atoms. The first kappa shape index (κ1) is 20.3. The SMILES string of the molecule is CCOc1cc(C#N)ccc1OCC(=O)N1c2ccccc2OC[C@@H]1c1ccccc1. The average molecular weight is 414 g/mol. The number of hydrogen-bond donors (Lipinski definition) is 0. The van der Waals surface area contributed by atoms with Gasteiger partial charge in [0.05, 0.1) is 30.0 Å². The van der Waals surface area contributed by atoms with Crippen molar-refractivity contribution in [1.82, 2.24) is 0 Å². The van der Waals surface area contributed by atoms with Crippen LogP contribution in [0.1, 0.15) is 24.1 Å². The van der Waals surface area contributed by atoms with Crippen molar-refractivity contribution in [3.8, 4) is 23.3 Å². The molecule has 3 aromatic rings. The summed E-state index contributed by atoms with van der Waals surface area (Å²) in [4.78, 5) is 15.1. The molecule has 0 radical (unpaired) electrons. The van der Waals surface area contributed by atoms with Crippen molar-refractivity contribution in [2.75, 3.05) is 24.7 Å². The van der Waals surface area contributed by atoms with Crippen LogP contribution in [-0.2, 0) is 4.79 Å². The fourth-order valence-corrected chi connectivity index (χ4v) is 3.59. The Hall–Kier alpha value is -3.98. The second kappa shape index (κ2) is 9.23. The molecular weight excluding hydrogens is 392 g/mol. The van der Waals surface area contributed by atoms with E-state index in [1.54, 1.807) is 23.1 Å². The van der Waals surface area contributed by atoms with Crippen molar-refractivity contribution in [3.05, 3.63) is 83.9 Å². The van der Waals surface area contributed by atoms with Gasteiger partial charge in [0.25, 0.3) is 5.91 Å². The number of benzene rings is 3. The molecule has 0 fully saturated rings. The fraction of sp³-hybridized carbons (Fsp3) is 0.200. The summed E-state index contributed by atoms with van der Waals surface area (Å²) < 4.78 is 17.3. The van der Waals surface area contributed by atoms with Gasteiger partial charge in [-0.2, -0.15) is 5.26 Å². The molecular formula is C25H22N2O4. The molecule has 0 saturated carbocycles. The molecule has 0 saturated heterocycles. The predicted octanol–water partition coefficient (Wildman–Crippen LogP) is 4.50. The third-order valence-electron chi connectivity index (χ3n) is 5.01. The highest BCUT2D eigenvalue weighted by molar-refractivity contribution is 5.97. The van der Waals surface area contributed by atoms with Gasteiger partial charge in [-0.05, 0) is 36.8 Å². The summed E-state index contributed by atoms with van der Waals surface area (Å²) in [6.07, 6.45) is 0. The van der Waals surface area contributed by atoms with Crippen LogP contribution in [-0.4, -0.2) is 25.7 Å². The highest BCUT2D eigenvalue weighted by Crippen LogP contribution is 2.39. The molecule has 0 unspecified atom stereocenters. The third kappa shape index (κ3) is 4.31. The lowest BCUT2D eigenvalue weighted by molar-refractivity contribution is -0.121. The maximum atomic E-state index is 13.4. The predicted molar refractivity (Wildman–Crippen MR) is 116 cm³/mol. The molecule has 4 rings (SSSR count). The van der Waals surface area contributed by atoms with Gasteiger partial charge in [-0.3, -0.25) is 9.69 Å². The van der Waals surface area contributed by atoms with Crippen LogP contribution in [0.2, 0.25) is 0 Å². The topological polar surface area (TPSA) is 71.8 Å². The number of anilines is 1. The zero-order chi connectivity index (χ0) is 21.6. The normalized spacial score (nSPS) is 14.7. The smallest absolute Gasteiger partial charge is 0.265 e. The van der Waals surface area contributed by atoms with Gasteiger partial charge < -0.3 is 14.2 Å². The standard InChI is InChI=1S/C25H22N2O4/c1-2-29-24-14-18(15-26)12-13-23(24)31-17-25(28)27-20-10-6-7-11-22(20)30-16-21(27)19-8-4-3-5-9-19/h3-14,21H,2,16-17H2,1H3/t21-/m1/s1. The lowest BCUT2D eigenvalue weighted by Crippen LogP contribution is -2.43. The van der Waals surface area contributed by atoms with Gasteiger partial charge in [0.1, 0.15) is 12.4 Å². The number of hydrogen-bond acceptors (Lipinski definition) is 5. The number of ether oxygens (including phenoxy) is 3. The minimum atomic E-state index is -0.264. The highest BCUT2D eigenvalue weighted by atomic mass is 16.5. The Morgan fingerprint density at radius 1 is 1.06 bits per heavy atom. The van der Waals surface area contributed by atoms with Crippen LogP contribution in [0.3, 0.4) is 0 Å². The van der Waals surface area contributed by atoms with Crippen molar-refractivity contribution in [1.29, 1.82) is 5.26 Å². The number of fused-ring (bicyclic) bond motifs is 1. The van der Waals surface area contributed by atoms with E-state index in [-0.39, 0.29) is 18.6 Å². The molecule has 6 heteroatoms. The van der Waals surface area contributed by atoms with Gasteiger partial charge in [-0.15, -0.1) is 0 Å². The van der Waals surface area contributed by atoms with Gasteiger partial charge in [0.15, 0.2) is 18.1 Å². The molecule has 31 heavy (non-hydrogen) atoms. The van der Waals surface area contributed by atoms with E-state index in [0.717, 1.165) is 5.56 Å². The summed E-state index contributed by atoms with van der Waals surface area (Å²) in [7, 11) is 0. The van der Waals surface area contributed by atoms with E-state index in [0.29, 0.717) is 41.7 Å². The van der Waals surface area contributed by atoms with Crippen LogP contribution < -0.4 is 19.1 Å². The van der Waals surface area contributed by atoms with Crippen molar-refractivity contribution in [2.24, 2.45) is 0 Å². The molecule has 1 amide bonds. The summed E-state index contributed by atoms with van der Waals surface area (Å²) >= 11 is 0. The second-order valence-corrected chi connectivity index (χ2v) is 6.96.